The summed E-state index contributed by atoms with van der Waals surface area (Å²) in [5.74, 6) is 0. The van der Waals surface area contributed by atoms with Crippen molar-refractivity contribution in [3.63, 3.8) is 0 Å². The normalized spacial score (nSPS) is 10.5. The largest absolute Gasteiger partial charge is 0.252 e. The van der Waals surface area contributed by atoms with Crippen LogP contribution in [0.5, 0.6) is 0 Å². The van der Waals surface area contributed by atoms with Crippen LogP contribution in [0, 0.1) is 0 Å². The van der Waals surface area contributed by atoms with Crippen LogP contribution in [0.3, 0.4) is 0 Å². The second kappa shape index (κ2) is 3.51. The van der Waals surface area contributed by atoms with Crippen molar-refractivity contribution in [2.75, 3.05) is 0 Å². The van der Waals surface area contributed by atoms with Crippen molar-refractivity contribution < 1.29 is 0 Å². The molecule has 0 spiro atoms. The van der Waals surface area contributed by atoms with Crippen LogP contribution in [0.4, 0.5) is 0 Å². The van der Waals surface area contributed by atoms with Gasteiger partial charge >= 0.3 is 0 Å². The fourth-order valence-corrected chi connectivity index (χ4v) is 1.28. The molecule has 0 unspecified atom stereocenters. The molecule has 0 N–H and O–H groups in total. The zero-order chi connectivity index (χ0) is 8.27. The molecule has 0 aliphatic heterocycles. The highest BCUT2D eigenvalue weighted by atomic mass is 15.4. The Morgan fingerprint density at radius 1 is 1.36 bits per heavy atom. The summed E-state index contributed by atoms with van der Waals surface area (Å²) < 4.78 is 1.87. The summed E-state index contributed by atoms with van der Waals surface area (Å²) in [4.78, 5) is 0. The average Bonchev–Trinajstić information content (AvgIpc) is 2.33. The molecule has 0 bridgehead atoms. The highest BCUT2D eigenvalue weighted by Crippen LogP contribution is 2.06. The molecule has 3 heteroatoms. The molecule has 0 aliphatic rings. The molecule has 3 nitrogen and oxygen atoms in total. The Bertz CT molecular complexity index is 227. The quantitative estimate of drug-likeness (QED) is 0.656. The minimum atomic E-state index is 1.03. The van der Waals surface area contributed by atoms with E-state index in [4.69, 9.17) is 0 Å². The van der Waals surface area contributed by atoms with Gasteiger partial charge in [0.05, 0.1) is 11.4 Å². The van der Waals surface area contributed by atoms with Crippen LogP contribution in [-0.2, 0) is 19.9 Å². The first kappa shape index (κ1) is 8.24. The van der Waals surface area contributed by atoms with Gasteiger partial charge in [0, 0.05) is 7.05 Å². The Morgan fingerprint density at radius 2 is 2.09 bits per heavy atom. The van der Waals surface area contributed by atoms with Crippen LogP contribution in [0.1, 0.15) is 31.7 Å². The van der Waals surface area contributed by atoms with Crippen molar-refractivity contribution >= 4 is 0 Å². The van der Waals surface area contributed by atoms with Gasteiger partial charge in [-0.2, -0.15) is 0 Å². The van der Waals surface area contributed by atoms with Gasteiger partial charge < -0.3 is 0 Å². The standard InChI is InChI=1S/C8H15N3/c1-4-6-7-8(5-2)11(3)10-9-7/h4-6H2,1-3H3. The van der Waals surface area contributed by atoms with E-state index in [1.165, 1.54) is 5.69 Å². The highest BCUT2D eigenvalue weighted by molar-refractivity contribution is 5.09. The lowest BCUT2D eigenvalue weighted by atomic mass is 10.2. The summed E-state index contributed by atoms with van der Waals surface area (Å²) in [5, 5.41) is 8.06. The van der Waals surface area contributed by atoms with Gasteiger partial charge in [-0.25, -0.2) is 0 Å². The summed E-state index contributed by atoms with van der Waals surface area (Å²) in [5.41, 5.74) is 2.43. The molecule has 0 aromatic carbocycles. The molecule has 0 saturated heterocycles. The number of rotatable bonds is 3. The monoisotopic (exact) mass is 153 g/mol. The van der Waals surface area contributed by atoms with Gasteiger partial charge in [-0.3, -0.25) is 4.68 Å². The molecule has 0 saturated carbocycles. The van der Waals surface area contributed by atoms with Gasteiger partial charge in [0.1, 0.15) is 0 Å². The third kappa shape index (κ3) is 1.59. The maximum Gasteiger partial charge on any atom is 0.0858 e. The summed E-state index contributed by atoms with van der Waals surface area (Å²) >= 11 is 0. The van der Waals surface area contributed by atoms with Crippen LogP contribution < -0.4 is 0 Å². The lowest BCUT2D eigenvalue weighted by Gasteiger charge is -1.97. The van der Waals surface area contributed by atoms with Crippen molar-refractivity contribution in [2.45, 2.75) is 33.1 Å². The minimum Gasteiger partial charge on any atom is -0.252 e. The Kier molecular flexibility index (Phi) is 2.63. The molecule has 11 heavy (non-hydrogen) atoms. The lowest BCUT2D eigenvalue weighted by molar-refractivity contribution is 0.682. The zero-order valence-electron chi connectivity index (χ0n) is 7.46. The fraction of sp³-hybridized carbons (Fsp3) is 0.750. The number of hydrogen-bond acceptors (Lipinski definition) is 2. The first-order valence-electron chi connectivity index (χ1n) is 4.17. The van der Waals surface area contributed by atoms with Gasteiger partial charge in [-0.1, -0.05) is 25.5 Å². The molecule has 0 radical (unpaired) electrons. The minimum absolute atomic E-state index is 1.03. The van der Waals surface area contributed by atoms with Gasteiger partial charge in [-0.15, -0.1) is 5.10 Å². The first-order chi connectivity index (χ1) is 5.29. The SMILES string of the molecule is CCCc1nnn(C)c1CC. The molecular weight excluding hydrogens is 138 g/mol. The first-order valence-corrected chi connectivity index (χ1v) is 4.17. The van der Waals surface area contributed by atoms with Crippen molar-refractivity contribution in [1.82, 2.24) is 15.0 Å². The number of nitrogens with zero attached hydrogens (tertiary/aromatic N) is 3. The van der Waals surface area contributed by atoms with E-state index in [1.807, 2.05) is 11.7 Å². The van der Waals surface area contributed by atoms with Crippen LogP contribution in [0.2, 0.25) is 0 Å². The third-order valence-electron chi connectivity index (χ3n) is 1.85. The van der Waals surface area contributed by atoms with E-state index in [1.54, 1.807) is 0 Å². The maximum atomic E-state index is 4.09. The van der Waals surface area contributed by atoms with Crippen LogP contribution >= 0.6 is 0 Å². The molecule has 1 heterocycles. The predicted octanol–water partition coefficient (Wildman–Crippen LogP) is 1.33. The predicted molar refractivity (Wildman–Crippen MR) is 44.4 cm³/mol. The number of hydrogen-bond donors (Lipinski definition) is 0. The molecule has 1 aromatic rings. The average molecular weight is 153 g/mol. The van der Waals surface area contributed by atoms with E-state index < -0.39 is 0 Å². The van der Waals surface area contributed by atoms with Gasteiger partial charge in [0.25, 0.3) is 0 Å². The smallest absolute Gasteiger partial charge is 0.0858 e. The number of aryl methyl sites for hydroxylation is 2. The summed E-state index contributed by atoms with van der Waals surface area (Å²) in [6.07, 6.45) is 3.22. The molecule has 62 valence electrons. The Labute approximate surface area is 67.4 Å². The molecule has 0 aliphatic carbocycles. The van der Waals surface area contributed by atoms with Gasteiger partial charge in [-0.05, 0) is 12.8 Å². The van der Waals surface area contributed by atoms with E-state index >= 15 is 0 Å². The summed E-state index contributed by atoms with van der Waals surface area (Å²) in [6, 6.07) is 0. The molecule has 1 aromatic heterocycles. The Hall–Kier alpha value is -0.860. The third-order valence-corrected chi connectivity index (χ3v) is 1.85. The number of aromatic nitrogens is 3. The van der Waals surface area contributed by atoms with Crippen LogP contribution in [0.25, 0.3) is 0 Å². The van der Waals surface area contributed by atoms with Crippen molar-refractivity contribution in [1.29, 1.82) is 0 Å². The van der Waals surface area contributed by atoms with Crippen molar-refractivity contribution in [3.05, 3.63) is 11.4 Å². The van der Waals surface area contributed by atoms with Crippen LogP contribution in [-0.4, -0.2) is 15.0 Å². The fourth-order valence-electron chi connectivity index (χ4n) is 1.28. The molecule has 1 rings (SSSR count). The maximum absolute atomic E-state index is 4.09. The van der Waals surface area contributed by atoms with E-state index in [9.17, 15) is 0 Å². The second-order valence-corrected chi connectivity index (χ2v) is 2.71. The summed E-state index contributed by atoms with van der Waals surface area (Å²) in [7, 11) is 1.95. The van der Waals surface area contributed by atoms with Gasteiger partial charge in [0.15, 0.2) is 0 Å². The second-order valence-electron chi connectivity index (χ2n) is 2.71. The summed E-state index contributed by atoms with van der Waals surface area (Å²) in [6.45, 7) is 4.30. The topological polar surface area (TPSA) is 30.7 Å². The molecular formula is C8H15N3. The molecule has 0 fully saturated rings. The molecule has 0 atom stereocenters. The Balaban J connectivity index is 2.86. The van der Waals surface area contributed by atoms with Crippen molar-refractivity contribution in [3.8, 4) is 0 Å². The van der Waals surface area contributed by atoms with Gasteiger partial charge in [0.2, 0.25) is 0 Å². The van der Waals surface area contributed by atoms with E-state index in [0.717, 1.165) is 25.0 Å². The highest BCUT2D eigenvalue weighted by Gasteiger charge is 2.05. The van der Waals surface area contributed by atoms with Crippen molar-refractivity contribution in [2.24, 2.45) is 7.05 Å². The van der Waals surface area contributed by atoms with E-state index in [-0.39, 0.29) is 0 Å². The molecule has 0 amide bonds. The Morgan fingerprint density at radius 3 is 2.64 bits per heavy atom. The zero-order valence-corrected chi connectivity index (χ0v) is 7.46. The van der Waals surface area contributed by atoms with E-state index in [2.05, 4.69) is 24.2 Å². The van der Waals surface area contributed by atoms with E-state index in [0.29, 0.717) is 0 Å². The van der Waals surface area contributed by atoms with Crippen LogP contribution in [0.15, 0.2) is 0 Å². The lowest BCUT2D eigenvalue weighted by Crippen LogP contribution is -1.98.